The second-order valence-corrected chi connectivity index (χ2v) is 18.4. The van der Waals surface area contributed by atoms with Crippen LogP contribution in [0.4, 0.5) is 0 Å². The predicted molar refractivity (Wildman–Crippen MR) is 183 cm³/mol. The minimum atomic E-state index is -1.47. The maximum atomic E-state index is 13.5. The van der Waals surface area contributed by atoms with Crippen LogP contribution in [0.15, 0.2) is 12.2 Å². The van der Waals surface area contributed by atoms with E-state index in [2.05, 4.69) is 48.1 Å². The Morgan fingerprint density at radius 3 is 2.18 bits per heavy atom. The first-order chi connectivity index (χ1) is 22.8. The van der Waals surface area contributed by atoms with Crippen LogP contribution in [-0.2, 0) is 23.9 Å². The number of fused-ring (bicyclic) bond motifs is 7. The Kier molecular flexibility index (Phi) is 9.52. The van der Waals surface area contributed by atoms with Gasteiger partial charge >= 0.3 is 11.9 Å². The van der Waals surface area contributed by atoms with Crippen LogP contribution in [0.1, 0.15) is 113 Å². The van der Waals surface area contributed by atoms with E-state index < -0.39 is 48.0 Å². The molecule has 0 radical (unpaired) electrons. The Bertz CT molecular complexity index is 1320. The number of hydrogen-bond donors (Lipinski definition) is 4. The fourth-order valence-electron chi connectivity index (χ4n) is 13.5. The lowest BCUT2D eigenvalue weighted by Crippen LogP contribution is -2.67. The molecule has 278 valence electrons. The molecule has 0 aromatic rings. The van der Waals surface area contributed by atoms with Crippen molar-refractivity contribution in [3.63, 3.8) is 0 Å². The van der Waals surface area contributed by atoms with Crippen molar-refractivity contribution in [3.05, 3.63) is 12.2 Å². The molecular formula is C39H63NO9. The van der Waals surface area contributed by atoms with Gasteiger partial charge in [0, 0.05) is 5.41 Å². The first kappa shape index (κ1) is 37.2. The van der Waals surface area contributed by atoms with Gasteiger partial charge in [-0.05, 0) is 124 Å². The summed E-state index contributed by atoms with van der Waals surface area (Å²) in [5, 5.41) is 42.9. The van der Waals surface area contributed by atoms with E-state index in [0.717, 1.165) is 69.8 Å². The Balaban J connectivity index is 1.19. The molecule has 1 heterocycles. The third kappa shape index (κ3) is 5.31. The number of nitrogens with zero attached hydrogens (tertiary/aromatic N) is 1. The summed E-state index contributed by atoms with van der Waals surface area (Å²) in [4.78, 5) is 31.9. The van der Waals surface area contributed by atoms with Crippen molar-refractivity contribution in [2.45, 2.75) is 149 Å². The van der Waals surface area contributed by atoms with E-state index in [1.165, 1.54) is 12.2 Å². The van der Waals surface area contributed by atoms with Crippen molar-refractivity contribution in [1.82, 2.24) is 5.06 Å². The Hall–Kier alpha value is -1.56. The monoisotopic (exact) mass is 689 g/mol. The number of carbonyl (C=O) groups is 2. The van der Waals surface area contributed by atoms with Crippen molar-refractivity contribution < 1.29 is 44.3 Å². The van der Waals surface area contributed by atoms with Gasteiger partial charge in [0.15, 0.2) is 6.23 Å². The van der Waals surface area contributed by atoms with E-state index in [9.17, 15) is 30.0 Å². The van der Waals surface area contributed by atoms with Crippen molar-refractivity contribution in [3.8, 4) is 0 Å². The Morgan fingerprint density at radius 1 is 0.857 bits per heavy atom. The molecule has 5 saturated carbocycles. The smallest absolute Gasteiger partial charge is 0.323 e. The molecule has 0 bridgehead atoms. The molecule has 15 atom stereocenters. The van der Waals surface area contributed by atoms with Crippen molar-refractivity contribution >= 4 is 11.9 Å². The van der Waals surface area contributed by atoms with Gasteiger partial charge in [-0.3, -0.25) is 14.4 Å². The van der Waals surface area contributed by atoms with E-state index in [4.69, 9.17) is 14.3 Å². The number of carbonyl (C=O) groups excluding carboxylic acids is 1. The Labute approximate surface area is 292 Å². The van der Waals surface area contributed by atoms with Gasteiger partial charge in [0.05, 0.1) is 18.6 Å². The second-order valence-electron chi connectivity index (χ2n) is 18.4. The number of aliphatic hydroxyl groups is 3. The molecule has 0 aromatic heterocycles. The molecular weight excluding hydrogens is 626 g/mol. The van der Waals surface area contributed by atoms with Crippen LogP contribution in [0, 0.1) is 56.7 Å². The van der Waals surface area contributed by atoms with E-state index >= 15 is 0 Å². The summed E-state index contributed by atoms with van der Waals surface area (Å²) in [6, 6.07) is 0. The van der Waals surface area contributed by atoms with Crippen LogP contribution in [0.5, 0.6) is 0 Å². The highest BCUT2D eigenvalue weighted by Gasteiger charge is 2.72. The summed E-state index contributed by atoms with van der Waals surface area (Å²) in [6.07, 6.45) is 3.06. The fraction of sp³-hybridized carbons (Fsp3) is 0.897. The predicted octanol–water partition coefficient (Wildman–Crippen LogP) is 5.33. The molecule has 4 N–H and O–H groups in total. The van der Waals surface area contributed by atoms with E-state index in [1.807, 2.05) is 0 Å². The minimum absolute atomic E-state index is 0.0511. The number of hydroxylamine groups is 2. The molecule has 0 amide bonds. The van der Waals surface area contributed by atoms with Crippen LogP contribution >= 0.6 is 0 Å². The highest BCUT2D eigenvalue weighted by atomic mass is 16.7. The third-order valence-corrected chi connectivity index (χ3v) is 16.3. The van der Waals surface area contributed by atoms with Gasteiger partial charge in [0.1, 0.15) is 31.0 Å². The summed E-state index contributed by atoms with van der Waals surface area (Å²) >= 11 is 0. The Morgan fingerprint density at radius 2 is 1.55 bits per heavy atom. The number of carboxylic acid groups (broad SMARTS) is 1. The number of aliphatic hydroxyl groups excluding tert-OH is 3. The van der Waals surface area contributed by atoms with E-state index in [-0.39, 0.29) is 46.1 Å². The first-order valence-electron chi connectivity index (χ1n) is 18.9. The van der Waals surface area contributed by atoms with Crippen LogP contribution in [0.3, 0.4) is 0 Å². The number of aliphatic carboxylic acids is 1. The normalized spacial score (nSPS) is 50.4. The molecule has 5 aliphatic carbocycles. The molecule has 49 heavy (non-hydrogen) atoms. The molecule has 10 heteroatoms. The number of carboxylic acids is 1. The van der Waals surface area contributed by atoms with Crippen LogP contribution in [-0.4, -0.2) is 87.8 Å². The number of esters is 1. The van der Waals surface area contributed by atoms with Crippen LogP contribution in [0.2, 0.25) is 0 Å². The van der Waals surface area contributed by atoms with Gasteiger partial charge in [0.25, 0.3) is 0 Å². The van der Waals surface area contributed by atoms with Gasteiger partial charge < -0.3 is 29.9 Å². The van der Waals surface area contributed by atoms with Crippen LogP contribution < -0.4 is 0 Å². The third-order valence-electron chi connectivity index (χ3n) is 16.3. The van der Waals surface area contributed by atoms with Crippen molar-refractivity contribution in [2.75, 3.05) is 13.7 Å². The topological polar surface area (TPSA) is 146 Å². The molecule has 0 spiro atoms. The zero-order valence-corrected chi connectivity index (χ0v) is 31.1. The summed E-state index contributed by atoms with van der Waals surface area (Å²) in [5.74, 6) is 0.558. The fourth-order valence-corrected chi connectivity index (χ4v) is 13.5. The largest absolute Gasteiger partial charge is 0.481 e. The summed E-state index contributed by atoms with van der Waals surface area (Å²) in [5.41, 5.74) is 0.441. The lowest BCUT2D eigenvalue weighted by molar-refractivity contribution is -0.321. The molecule has 0 aromatic carbocycles. The zero-order valence-electron chi connectivity index (χ0n) is 31.1. The summed E-state index contributed by atoms with van der Waals surface area (Å²) in [6.45, 7) is 19.8. The van der Waals surface area contributed by atoms with Crippen molar-refractivity contribution in [2.24, 2.45) is 56.7 Å². The maximum absolute atomic E-state index is 13.5. The van der Waals surface area contributed by atoms with Gasteiger partial charge in [-0.1, -0.05) is 46.8 Å². The first-order valence-corrected chi connectivity index (χ1v) is 18.9. The maximum Gasteiger partial charge on any atom is 0.323 e. The van der Waals surface area contributed by atoms with Crippen LogP contribution in [0.25, 0.3) is 0 Å². The lowest BCUT2D eigenvalue weighted by atomic mass is 9.32. The molecule has 1 saturated heterocycles. The number of hydrogen-bond acceptors (Lipinski definition) is 9. The average Bonchev–Trinajstić information content (AvgIpc) is 3.44. The van der Waals surface area contributed by atoms with Gasteiger partial charge in [-0.2, -0.15) is 0 Å². The number of allylic oxidation sites excluding steroid dienone is 1. The molecule has 6 aliphatic rings. The van der Waals surface area contributed by atoms with E-state index in [0.29, 0.717) is 17.8 Å². The molecule has 6 fully saturated rings. The average molecular weight is 690 g/mol. The summed E-state index contributed by atoms with van der Waals surface area (Å²) in [7, 11) is 1.37. The molecule has 10 nitrogen and oxygen atoms in total. The van der Waals surface area contributed by atoms with Gasteiger partial charge in [0.2, 0.25) is 0 Å². The minimum Gasteiger partial charge on any atom is -0.481 e. The SMILES string of the molecule is C=C(C)[C@@H]1CC[C@]2(C(=O)O)CC[C@]3(C)C(CCC4[C@@]5(C)CC[C@H](OC(=O)CN(OC)C6O[C@H](C)[C@H](O)[C@H](O)[C@H]6O)C(C)(C)C5CC[C@]43C)C12. The second kappa shape index (κ2) is 12.5. The van der Waals surface area contributed by atoms with Gasteiger partial charge in [-0.25, -0.2) is 0 Å². The molecule has 6 rings (SSSR count). The van der Waals surface area contributed by atoms with Gasteiger partial charge in [-0.15, -0.1) is 5.06 Å². The summed E-state index contributed by atoms with van der Waals surface area (Å²) < 4.78 is 12.0. The quantitative estimate of drug-likeness (QED) is 0.157. The molecule has 5 unspecified atom stereocenters. The zero-order chi connectivity index (χ0) is 36.1. The molecule has 1 aliphatic heterocycles. The standard InChI is InChI=1S/C39H63NO9/c1-21(2)23-12-17-39(34(45)46)19-18-37(7)24(29(23)39)10-11-26-36(6)15-14-27(35(4,5)25(36)13-16-38(26,37)8)49-28(41)20-40(47-9)33-32(44)31(43)30(42)22(3)48-33/h22-27,29-33,42-44H,1,10-20H2,2-9H3,(H,45,46)/t22-,23+,24?,25?,26?,27+,29?,30+,31+,32-,33?,36+,37-,38-,39+/m1/s1. The highest BCUT2D eigenvalue weighted by molar-refractivity contribution is 5.76. The number of rotatable bonds is 7. The van der Waals surface area contributed by atoms with E-state index in [1.54, 1.807) is 6.92 Å². The number of ether oxygens (including phenoxy) is 2. The van der Waals surface area contributed by atoms with Crippen molar-refractivity contribution in [1.29, 1.82) is 0 Å². The lowest BCUT2D eigenvalue weighted by Gasteiger charge is -2.72. The highest BCUT2D eigenvalue weighted by Crippen LogP contribution is 2.77.